The van der Waals surface area contributed by atoms with E-state index < -0.39 is 0 Å². The molecule has 0 unspecified atom stereocenters. The van der Waals surface area contributed by atoms with Crippen LogP contribution in [0.5, 0.6) is 0 Å². The summed E-state index contributed by atoms with van der Waals surface area (Å²) in [7, 11) is 0. The van der Waals surface area contributed by atoms with E-state index in [9.17, 15) is 0 Å². The number of halogens is 1. The smallest absolute Gasteiger partial charge is 0.193 e. The zero-order valence-corrected chi connectivity index (χ0v) is 16.9. The number of nitrogens with one attached hydrogen (secondary N) is 1. The lowest BCUT2D eigenvalue weighted by Crippen LogP contribution is -2.50. The lowest BCUT2D eigenvalue weighted by molar-refractivity contribution is 0.00164. The molecule has 4 saturated carbocycles. The first-order valence-electron chi connectivity index (χ1n) is 10.1. The highest BCUT2D eigenvalue weighted by atomic mass is 79.9. The first-order chi connectivity index (χ1) is 13.1. The van der Waals surface area contributed by atoms with Gasteiger partial charge in [0.1, 0.15) is 0 Å². The molecule has 3 nitrogen and oxygen atoms in total. The zero-order valence-electron chi connectivity index (χ0n) is 15.3. The normalized spacial score (nSPS) is 33.6. The number of guanidine groups is 1. The van der Waals surface area contributed by atoms with E-state index in [-0.39, 0.29) is 5.54 Å². The van der Waals surface area contributed by atoms with Crippen molar-refractivity contribution in [2.24, 2.45) is 28.5 Å². The Morgan fingerprint density at radius 1 is 1.04 bits per heavy atom. The number of hydrogen-bond donors (Lipinski definition) is 2. The molecule has 27 heavy (non-hydrogen) atoms. The molecule has 0 spiro atoms. The number of rotatable bonds is 2. The first-order valence-corrected chi connectivity index (χ1v) is 10.9. The molecule has 3 N–H and O–H groups in total. The molecular weight excluding hydrogens is 398 g/mol. The molecule has 5 aliphatic carbocycles. The number of nitrogens with two attached hydrogens (primary N) is 1. The quantitative estimate of drug-likeness (QED) is 0.479. The van der Waals surface area contributed by atoms with Crippen molar-refractivity contribution in [3.63, 3.8) is 0 Å². The fraction of sp³-hybridized carbons (Fsp3) is 0.435. The first kappa shape index (κ1) is 16.2. The molecular formula is C23H24BrN3. The van der Waals surface area contributed by atoms with Crippen LogP contribution >= 0.6 is 15.9 Å². The van der Waals surface area contributed by atoms with Crippen molar-refractivity contribution >= 4 is 48.9 Å². The minimum absolute atomic E-state index is 0.102. The van der Waals surface area contributed by atoms with E-state index in [1.54, 1.807) is 0 Å². The van der Waals surface area contributed by atoms with Crippen LogP contribution in [-0.2, 0) is 0 Å². The Balaban J connectivity index is 1.34. The van der Waals surface area contributed by atoms with Crippen molar-refractivity contribution < 1.29 is 0 Å². The molecule has 2 aromatic carbocycles. The molecule has 4 heteroatoms. The van der Waals surface area contributed by atoms with Crippen molar-refractivity contribution in [1.82, 2.24) is 0 Å². The van der Waals surface area contributed by atoms with E-state index in [1.165, 1.54) is 60.4 Å². The molecule has 0 aromatic heterocycles. The second-order valence-corrected chi connectivity index (χ2v) is 10.0. The van der Waals surface area contributed by atoms with Crippen LogP contribution < -0.4 is 11.1 Å². The van der Waals surface area contributed by atoms with Gasteiger partial charge in [-0.15, -0.1) is 0 Å². The fourth-order valence-electron chi connectivity index (χ4n) is 6.70. The lowest BCUT2D eigenvalue weighted by Gasteiger charge is -2.54. The van der Waals surface area contributed by atoms with E-state index in [0.29, 0.717) is 5.96 Å². The van der Waals surface area contributed by atoms with Crippen LogP contribution in [0.4, 0.5) is 5.69 Å². The summed E-state index contributed by atoms with van der Waals surface area (Å²) in [5.41, 5.74) is 10.1. The third kappa shape index (κ3) is 2.49. The number of anilines is 1. The molecule has 7 rings (SSSR count). The summed E-state index contributed by atoms with van der Waals surface area (Å²) >= 11 is 3.68. The molecule has 0 radical (unpaired) electrons. The Kier molecular flexibility index (Phi) is 3.36. The van der Waals surface area contributed by atoms with E-state index in [2.05, 4.69) is 57.7 Å². The summed E-state index contributed by atoms with van der Waals surface area (Å²) in [5, 5.41) is 5.94. The Labute approximate surface area is 168 Å². The fourth-order valence-corrected chi connectivity index (χ4v) is 7.28. The average Bonchev–Trinajstić information content (AvgIpc) is 2.92. The van der Waals surface area contributed by atoms with Gasteiger partial charge in [0.05, 0.1) is 5.54 Å². The summed E-state index contributed by atoms with van der Waals surface area (Å²) in [6.45, 7) is 0. The highest BCUT2D eigenvalue weighted by Gasteiger charge is 2.51. The van der Waals surface area contributed by atoms with Crippen LogP contribution in [0.2, 0.25) is 0 Å². The van der Waals surface area contributed by atoms with Gasteiger partial charge in [-0.25, -0.2) is 4.99 Å². The third-order valence-electron chi connectivity index (χ3n) is 7.24. The van der Waals surface area contributed by atoms with Crippen LogP contribution in [0.3, 0.4) is 0 Å². The second kappa shape index (κ2) is 5.60. The van der Waals surface area contributed by atoms with Gasteiger partial charge in [-0.1, -0.05) is 40.2 Å². The van der Waals surface area contributed by atoms with Gasteiger partial charge < -0.3 is 11.1 Å². The molecule has 4 bridgehead atoms. The second-order valence-electron chi connectivity index (χ2n) is 9.19. The van der Waals surface area contributed by atoms with Gasteiger partial charge in [-0.2, -0.15) is 0 Å². The number of hydrogen-bond acceptors (Lipinski definition) is 1. The van der Waals surface area contributed by atoms with Crippen molar-refractivity contribution in [2.75, 3.05) is 5.32 Å². The predicted molar refractivity (Wildman–Crippen MR) is 117 cm³/mol. The van der Waals surface area contributed by atoms with Gasteiger partial charge in [0, 0.05) is 15.6 Å². The largest absolute Gasteiger partial charge is 0.370 e. The van der Waals surface area contributed by atoms with Gasteiger partial charge in [0.25, 0.3) is 0 Å². The molecule has 0 heterocycles. The molecule has 0 aliphatic heterocycles. The molecule has 0 atom stereocenters. The van der Waals surface area contributed by atoms with E-state index in [4.69, 9.17) is 10.7 Å². The zero-order chi connectivity index (χ0) is 18.2. The van der Waals surface area contributed by atoms with Crippen LogP contribution in [-0.4, -0.2) is 11.5 Å². The monoisotopic (exact) mass is 421 g/mol. The number of nitrogens with zero attached hydrogens (tertiary/aromatic N) is 1. The topological polar surface area (TPSA) is 50.4 Å². The van der Waals surface area contributed by atoms with Gasteiger partial charge in [0.2, 0.25) is 0 Å². The third-order valence-corrected chi connectivity index (χ3v) is 7.89. The van der Waals surface area contributed by atoms with Crippen molar-refractivity contribution in [3.05, 3.63) is 41.5 Å². The maximum Gasteiger partial charge on any atom is 0.193 e. The maximum atomic E-state index is 6.45. The van der Waals surface area contributed by atoms with Crippen LogP contribution in [0.25, 0.3) is 21.3 Å². The molecule has 0 amide bonds. The van der Waals surface area contributed by atoms with Gasteiger partial charge in [0.15, 0.2) is 5.96 Å². The molecule has 2 aromatic rings. The van der Waals surface area contributed by atoms with Crippen LogP contribution in [0, 0.1) is 17.8 Å². The minimum Gasteiger partial charge on any atom is -0.370 e. The highest BCUT2D eigenvalue weighted by Crippen LogP contribution is 2.57. The maximum absolute atomic E-state index is 6.45. The lowest BCUT2D eigenvalue weighted by atomic mass is 9.53. The van der Waals surface area contributed by atoms with Gasteiger partial charge >= 0.3 is 0 Å². The van der Waals surface area contributed by atoms with Crippen molar-refractivity contribution in [1.29, 1.82) is 0 Å². The minimum atomic E-state index is 0.102. The summed E-state index contributed by atoms with van der Waals surface area (Å²) in [5.74, 6) is 3.23. The Bertz CT molecular complexity index is 984. The van der Waals surface area contributed by atoms with Crippen LogP contribution in [0.15, 0.2) is 35.3 Å². The number of benzene rings is 2. The summed E-state index contributed by atoms with van der Waals surface area (Å²) in [4.78, 5) is 5.11. The SMILES string of the molecule is NC(=NC12CC3CC(CC(C3)C1)C2)Nc1ccc2c3c(cccc13)C=C2Br. The van der Waals surface area contributed by atoms with Crippen molar-refractivity contribution in [2.45, 2.75) is 44.1 Å². The molecule has 4 fully saturated rings. The average molecular weight is 422 g/mol. The predicted octanol–water partition coefficient (Wildman–Crippen LogP) is 5.74. The Hall–Kier alpha value is -1.81. The van der Waals surface area contributed by atoms with E-state index in [1.807, 2.05) is 0 Å². The summed E-state index contributed by atoms with van der Waals surface area (Å²) in [6.07, 6.45) is 10.2. The Morgan fingerprint density at radius 3 is 2.44 bits per heavy atom. The van der Waals surface area contributed by atoms with Crippen molar-refractivity contribution in [3.8, 4) is 0 Å². The number of aliphatic imine (C=N–C) groups is 1. The standard InChI is InChI=1S/C23H24BrN3/c24-19-9-16-2-1-3-18-20(5-4-17(19)21(16)18)26-22(25)27-23-10-13-6-14(11-23)8-15(7-13)12-23/h1-5,9,13-15H,6-8,10-12H2,(H3,25,26,27). The van der Waals surface area contributed by atoms with Gasteiger partial charge in [-0.05, 0) is 84.9 Å². The highest BCUT2D eigenvalue weighted by molar-refractivity contribution is 9.15. The molecule has 5 aliphatic rings. The van der Waals surface area contributed by atoms with Gasteiger partial charge in [-0.3, -0.25) is 0 Å². The van der Waals surface area contributed by atoms with E-state index in [0.717, 1.165) is 27.9 Å². The molecule has 138 valence electrons. The summed E-state index contributed by atoms with van der Waals surface area (Å²) in [6, 6.07) is 10.7. The van der Waals surface area contributed by atoms with Crippen LogP contribution in [0.1, 0.15) is 49.7 Å². The van der Waals surface area contributed by atoms with E-state index >= 15 is 0 Å². The Morgan fingerprint density at radius 2 is 1.74 bits per heavy atom. The summed E-state index contributed by atoms with van der Waals surface area (Å²) < 4.78 is 1.15. The molecule has 0 saturated heterocycles.